The first-order valence-corrected chi connectivity index (χ1v) is 5.30. The number of nitro groups is 1. The maximum Gasteiger partial charge on any atom is 0.340 e. The number of halogens is 1. The summed E-state index contributed by atoms with van der Waals surface area (Å²) in [5, 5.41) is 10.9. The molecule has 0 N–H and O–H groups in total. The van der Waals surface area contributed by atoms with Crippen LogP contribution in [0.25, 0.3) is 0 Å². The Hall–Kier alpha value is -2.44. The van der Waals surface area contributed by atoms with Gasteiger partial charge in [0.2, 0.25) is 0 Å². The van der Waals surface area contributed by atoms with Gasteiger partial charge in [0.25, 0.3) is 5.69 Å². The Balaban J connectivity index is 3.43. The van der Waals surface area contributed by atoms with Gasteiger partial charge in [-0.05, 0) is 6.07 Å². The van der Waals surface area contributed by atoms with E-state index in [1.54, 1.807) is 7.05 Å². The van der Waals surface area contributed by atoms with Gasteiger partial charge >= 0.3 is 5.97 Å². The minimum absolute atomic E-state index is 0.117. The Morgan fingerprint density at radius 2 is 2.26 bits per heavy atom. The number of hydrogen-bond acceptors (Lipinski definition) is 5. The molecule has 0 aliphatic heterocycles. The highest BCUT2D eigenvalue weighted by Gasteiger charge is 2.24. The van der Waals surface area contributed by atoms with Crippen molar-refractivity contribution in [2.24, 2.45) is 0 Å². The average Bonchev–Trinajstić information content (AvgIpc) is 2.37. The Bertz CT molecular complexity index is 531. The van der Waals surface area contributed by atoms with E-state index >= 15 is 0 Å². The molecule has 7 heteroatoms. The van der Waals surface area contributed by atoms with Gasteiger partial charge in [0.15, 0.2) is 0 Å². The van der Waals surface area contributed by atoms with E-state index in [2.05, 4.69) is 11.3 Å². The smallest absolute Gasteiger partial charge is 0.340 e. The molecule has 1 rings (SSSR count). The molecule has 0 spiro atoms. The second-order valence-corrected chi connectivity index (χ2v) is 3.74. The molecule has 0 saturated carbocycles. The van der Waals surface area contributed by atoms with E-state index < -0.39 is 22.4 Å². The standard InChI is InChI=1S/C12H13FN2O4/c1-4-5-14(2)10-6-8(12(16)19-3)9(13)7-11(10)15(17)18/h4,6-7H,1,5H2,2-3H3. The number of nitrogens with zero attached hydrogens (tertiary/aromatic N) is 2. The predicted octanol–water partition coefficient (Wildman–Crippen LogP) is 2.14. The maximum absolute atomic E-state index is 13.6. The molecule has 0 radical (unpaired) electrons. The van der Waals surface area contributed by atoms with E-state index in [0.29, 0.717) is 12.6 Å². The lowest BCUT2D eigenvalue weighted by molar-refractivity contribution is -0.384. The average molecular weight is 268 g/mol. The summed E-state index contributed by atoms with van der Waals surface area (Å²) in [4.78, 5) is 23.1. The topological polar surface area (TPSA) is 72.7 Å². The van der Waals surface area contributed by atoms with E-state index in [9.17, 15) is 19.3 Å². The molecule has 0 amide bonds. The van der Waals surface area contributed by atoms with Crippen molar-refractivity contribution in [1.29, 1.82) is 0 Å². The van der Waals surface area contributed by atoms with Crippen LogP contribution >= 0.6 is 0 Å². The van der Waals surface area contributed by atoms with Gasteiger partial charge in [0.1, 0.15) is 11.5 Å². The first-order valence-electron chi connectivity index (χ1n) is 5.30. The van der Waals surface area contributed by atoms with E-state index in [-0.39, 0.29) is 11.3 Å². The van der Waals surface area contributed by atoms with Gasteiger partial charge in [-0.25, -0.2) is 9.18 Å². The lowest BCUT2D eigenvalue weighted by Crippen LogP contribution is -2.19. The molecule has 0 heterocycles. The first kappa shape index (κ1) is 14.6. The molecule has 1 aromatic carbocycles. The number of likely N-dealkylation sites (N-methyl/N-ethyl adjacent to an activating group) is 1. The summed E-state index contributed by atoms with van der Waals surface area (Å²) in [5.41, 5.74) is -0.653. The maximum atomic E-state index is 13.6. The number of ether oxygens (including phenoxy) is 1. The van der Waals surface area contributed by atoms with Crippen molar-refractivity contribution in [3.05, 3.63) is 46.3 Å². The van der Waals surface area contributed by atoms with Crippen molar-refractivity contribution in [2.45, 2.75) is 0 Å². The monoisotopic (exact) mass is 268 g/mol. The van der Waals surface area contributed by atoms with Crippen LogP contribution in [0.5, 0.6) is 0 Å². The largest absolute Gasteiger partial charge is 0.465 e. The number of benzene rings is 1. The van der Waals surface area contributed by atoms with E-state index in [1.165, 1.54) is 11.0 Å². The first-order chi connectivity index (χ1) is 8.92. The zero-order valence-corrected chi connectivity index (χ0v) is 10.6. The third-order valence-electron chi connectivity index (χ3n) is 2.48. The molecule has 0 aliphatic rings. The minimum Gasteiger partial charge on any atom is -0.465 e. The number of methoxy groups -OCH3 is 1. The van der Waals surface area contributed by atoms with Crippen molar-refractivity contribution in [3.8, 4) is 0 Å². The summed E-state index contributed by atoms with van der Waals surface area (Å²) in [6.45, 7) is 3.83. The van der Waals surface area contributed by atoms with Crippen LogP contribution in [0.2, 0.25) is 0 Å². The van der Waals surface area contributed by atoms with Crippen LogP contribution in [0.1, 0.15) is 10.4 Å². The van der Waals surface area contributed by atoms with E-state index in [0.717, 1.165) is 13.2 Å². The summed E-state index contributed by atoms with van der Waals surface area (Å²) in [6, 6.07) is 1.81. The van der Waals surface area contributed by atoms with Gasteiger partial charge in [-0.3, -0.25) is 10.1 Å². The molecule has 1 aromatic rings. The summed E-state index contributed by atoms with van der Waals surface area (Å²) in [6.07, 6.45) is 1.53. The molecular weight excluding hydrogens is 255 g/mol. The number of hydrogen-bond donors (Lipinski definition) is 0. The number of carbonyl (C=O) groups excluding carboxylic acids is 1. The molecule has 0 aliphatic carbocycles. The summed E-state index contributed by atoms with van der Waals surface area (Å²) >= 11 is 0. The lowest BCUT2D eigenvalue weighted by atomic mass is 10.1. The Morgan fingerprint density at radius 1 is 1.63 bits per heavy atom. The van der Waals surface area contributed by atoms with Gasteiger partial charge in [0.05, 0.1) is 23.7 Å². The summed E-state index contributed by atoms with van der Waals surface area (Å²) in [7, 11) is 2.68. The third-order valence-corrected chi connectivity index (χ3v) is 2.48. The Labute approximate surface area is 109 Å². The lowest BCUT2D eigenvalue weighted by Gasteiger charge is -2.17. The van der Waals surface area contributed by atoms with Crippen molar-refractivity contribution in [2.75, 3.05) is 25.6 Å². The number of carbonyl (C=O) groups is 1. The molecule has 0 atom stereocenters. The highest BCUT2D eigenvalue weighted by molar-refractivity contribution is 5.92. The molecule has 0 saturated heterocycles. The highest BCUT2D eigenvalue weighted by Crippen LogP contribution is 2.30. The molecule has 0 fully saturated rings. The van der Waals surface area contributed by atoms with Crippen LogP contribution in [-0.2, 0) is 4.74 Å². The van der Waals surface area contributed by atoms with Crippen molar-refractivity contribution in [1.82, 2.24) is 0 Å². The molecule has 0 aromatic heterocycles. The van der Waals surface area contributed by atoms with Crippen LogP contribution in [-0.4, -0.2) is 31.6 Å². The highest BCUT2D eigenvalue weighted by atomic mass is 19.1. The summed E-state index contributed by atoms with van der Waals surface area (Å²) in [5.74, 6) is -1.88. The molecule has 0 unspecified atom stereocenters. The third kappa shape index (κ3) is 3.06. The zero-order chi connectivity index (χ0) is 14.6. The van der Waals surface area contributed by atoms with Crippen LogP contribution in [0.4, 0.5) is 15.8 Å². The molecule has 102 valence electrons. The normalized spacial score (nSPS) is 9.84. The fourth-order valence-corrected chi connectivity index (χ4v) is 1.56. The molecule has 6 nitrogen and oxygen atoms in total. The zero-order valence-electron chi connectivity index (χ0n) is 10.6. The van der Waals surface area contributed by atoms with Gasteiger partial charge in [0, 0.05) is 13.6 Å². The van der Waals surface area contributed by atoms with Crippen LogP contribution in [0.15, 0.2) is 24.8 Å². The van der Waals surface area contributed by atoms with Gasteiger partial charge in [-0.2, -0.15) is 0 Å². The van der Waals surface area contributed by atoms with Crippen molar-refractivity contribution in [3.63, 3.8) is 0 Å². The van der Waals surface area contributed by atoms with Crippen molar-refractivity contribution >= 4 is 17.3 Å². The van der Waals surface area contributed by atoms with E-state index in [1.807, 2.05) is 0 Å². The molecule has 19 heavy (non-hydrogen) atoms. The van der Waals surface area contributed by atoms with Crippen LogP contribution in [0, 0.1) is 15.9 Å². The minimum atomic E-state index is -0.991. The van der Waals surface area contributed by atoms with Gasteiger partial charge in [-0.1, -0.05) is 6.08 Å². The SMILES string of the molecule is C=CCN(C)c1cc(C(=O)OC)c(F)cc1[N+](=O)[O-]. The Kier molecular flexibility index (Phi) is 4.57. The fourth-order valence-electron chi connectivity index (χ4n) is 1.56. The molecular formula is C12H13FN2O4. The van der Waals surface area contributed by atoms with Crippen molar-refractivity contribution < 1.29 is 18.8 Å². The van der Waals surface area contributed by atoms with E-state index in [4.69, 9.17) is 0 Å². The quantitative estimate of drug-likeness (QED) is 0.354. The second kappa shape index (κ2) is 5.94. The number of esters is 1. The molecule has 0 bridgehead atoms. The second-order valence-electron chi connectivity index (χ2n) is 3.74. The van der Waals surface area contributed by atoms with Crippen LogP contribution in [0.3, 0.4) is 0 Å². The number of rotatable bonds is 5. The number of nitro benzene ring substituents is 1. The Morgan fingerprint density at radius 3 is 2.74 bits per heavy atom. The fraction of sp³-hybridized carbons (Fsp3) is 0.250. The summed E-state index contributed by atoms with van der Waals surface area (Å²) < 4.78 is 18.1. The predicted molar refractivity (Wildman–Crippen MR) is 67.9 cm³/mol. The van der Waals surface area contributed by atoms with Gasteiger partial charge < -0.3 is 9.64 Å². The number of anilines is 1. The van der Waals surface area contributed by atoms with Gasteiger partial charge in [-0.15, -0.1) is 6.58 Å². The van der Waals surface area contributed by atoms with Crippen LogP contribution < -0.4 is 4.90 Å².